The van der Waals surface area contributed by atoms with E-state index in [2.05, 4.69) is 4.99 Å². The summed E-state index contributed by atoms with van der Waals surface area (Å²) in [4.78, 5) is 3.73. The van der Waals surface area contributed by atoms with Crippen molar-refractivity contribution < 1.29 is 52.4 Å². The smallest absolute Gasteiger partial charge is 0.596 e. The van der Waals surface area contributed by atoms with E-state index in [1.807, 2.05) is 30.3 Å². The van der Waals surface area contributed by atoms with Crippen LogP contribution in [0.15, 0.2) is 47.5 Å². The molecule has 2 rings (SSSR count). The SMILES string of the molecule is O=S(=O)(O)[C@H]1C=C[C@@H](N=C([O-])OCc2ccccc2)C1.[Na+]. The van der Waals surface area contributed by atoms with Crippen molar-refractivity contribution in [1.29, 1.82) is 0 Å². The minimum atomic E-state index is -4.13. The number of hydrogen-bond donors (Lipinski definition) is 1. The molecule has 0 heterocycles. The Morgan fingerprint density at radius 3 is 2.57 bits per heavy atom. The zero-order valence-electron chi connectivity index (χ0n) is 11.5. The van der Waals surface area contributed by atoms with E-state index in [4.69, 9.17) is 9.29 Å². The Morgan fingerprint density at radius 2 is 2.00 bits per heavy atom. The third kappa shape index (κ3) is 5.80. The summed E-state index contributed by atoms with van der Waals surface area (Å²) in [5.74, 6) is 0. The first-order valence-corrected chi connectivity index (χ1v) is 7.51. The van der Waals surface area contributed by atoms with Crippen LogP contribution in [0, 0.1) is 0 Å². The van der Waals surface area contributed by atoms with Gasteiger partial charge in [0.2, 0.25) is 0 Å². The Balaban J connectivity index is 0.00000220. The Labute approximate surface area is 145 Å². The van der Waals surface area contributed by atoms with E-state index in [-0.39, 0.29) is 42.6 Å². The molecule has 108 valence electrons. The third-order valence-corrected chi connectivity index (χ3v) is 4.00. The predicted octanol–water partition coefficient (Wildman–Crippen LogP) is -2.49. The van der Waals surface area contributed by atoms with Crippen molar-refractivity contribution >= 4 is 16.2 Å². The molecule has 0 radical (unpaired) electrons. The maximum Gasteiger partial charge on any atom is 1.00 e. The molecular weight excluding hydrogens is 305 g/mol. The topological polar surface area (TPSA) is 99.0 Å². The molecule has 0 fully saturated rings. The maximum atomic E-state index is 11.5. The molecule has 1 aromatic carbocycles. The minimum absolute atomic E-state index is 0. The predicted molar refractivity (Wildman–Crippen MR) is 71.5 cm³/mol. The van der Waals surface area contributed by atoms with Gasteiger partial charge in [0.25, 0.3) is 10.1 Å². The fourth-order valence-corrected chi connectivity index (χ4v) is 2.59. The van der Waals surface area contributed by atoms with Crippen LogP contribution in [0.25, 0.3) is 0 Å². The van der Waals surface area contributed by atoms with Gasteiger partial charge in [-0.15, -0.1) is 0 Å². The van der Waals surface area contributed by atoms with Gasteiger partial charge in [-0.3, -0.25) is 9.55 Å². The summed E-state index contributed by atoms with van der Waals surface area (Å²) in [7, 11) is -4.13. The van der Waals surface area contributed by atoms with Gasteiger partial charge in [-0.25, -0.2) is 0 Å². The molecule has 1 aliphatic carbocycles. The van der Waals surface area contributed by atoms with Crippen molar-refractivity contribution in [3.05, 3.63) is 48.0 Å². The zero-order chi connectivity index (χ0) is 14.6. The van der Waals surface area contributed by atoms with E-state index >= 15 is 0 Å². The zero-order valence-corrected chi connectivity index (χ0v) is 14.4. The fourth-order valence-electron chi connectivity index (χ4n) is 1.86. The molecule has 6 nitrogen and oxygen atoms in total. The number of aliphatic imine (C=N–C) groups is 1. The van der Waals surface area contributed by atoms with Crippen molar-refractivity contribution in [2.45, 2.75) is 24.3 Å². The Bertz CT molecular complexity index is 615. The van der Waals surface area contributed by atoms with Crippen LogP contribution in [0.4, 0.5) is 0 Å². The van der Waals surface area contributed by atoms with Gasteiger partial charge < -0.3 is 9.84 Å². The minimum Gasteiger partial charge on any atom is -0.596 e. The van der Waals surface area contributed by atoms with Crippen molar-refractivity contribution in [2.24, 2.45) is 4.99 Å². The molecular formula is C13H14NNaO5S. The van der Waals surface area contributed by atoms with Crippen LogP contribution in [0.5, 0.6) is 0 Å². The summed E-state index contributed by atoms with van der Waals surface area (Å²) in [6.45, 7) is 0.112. The first-order valence-electron chi connectivity index (χ1n) is 6.01. The van der Waals surface area contributed by atoms with Gasteiger partial charge in [0, 0.05) is 6.61 Å². The molecule has 1 aliphatic rings. The molecule has 0 unspecified atom stereocenters. The summed E-state index contributed by atoms with van der Waals surface area (Å²) in [5, 5.41) is 10.5. The molecule has 0 saturated heterocycles. The van der Waals surface area contributed by atoms with Crippen molar-refractivity contribution in [3.63, 3.8) is 0 Å². The van der Waals surface area contributed by atoms with Gasteiger partial charge in [0.05, 0.1) is 6.04 Å². The molecule has 8 heteroatoms. The molecule has 0 aromatic heterocycles. The molecule has 0 spiro atoms. The van der Waals surface area contributed by atoms with Crippen LogP contribution < -0.4 is 34.7 Å². The number of benzene rings is 1. The Kier molecular flexibility index (Phi) is 6.89. The van der Waals surface area contributed by atoms with Crippen LogP contribution in [-0.4, -0.2) is 30.3 Å². The number of rotatable bonds is 4. The van der Waals surface area contributed by atoms with Crippen molar-refractivity contribution in [2.75, 3.05) is 0 Å². The molecule has 1 N–H and O–H groups in total. The van der Waals surface area contributed by atoms with E-state index in [0.29, 0.717) is 0 Å². The molecule has 0 saturated carbocycles. The Hall–Kier alpha value is -0.860. The van der Waals surface area contributed by atoms with E-state index in [9.17, 15) is 13.5 Å². The molecule has 1 aromatic rings. The molecule has 0 aliphatic heterocycles. The largest absolute Gasteiger partial charge is 1.00 e. The summed E-state index contributed by atoms with van der Waals surface area (Å²) in [6, 6.07) is 8.57. The summed E-state index contributed by atoms with van der Waals surface area (Å²) in [6.07, 6.45) is 2.11. The van der Waals surface area contributed by atoms with Crippen LogP contribution >= 0.6 is 0 Å². The monoisotopic (exact) mass is 319 g/mol. The van der Waals surface area contributed by atoms with Gasteiger partial charge in [-0.1, -0.05) is 42.5 Å². The average Bonchev–Trinajstić information content (AvgIpc) is 2.86. The van der Waals surface area contributed by atoms with Gasteiger partial charge >= 0.3 is 29.6 Å². The quantitative estimate of drug-likeness (QED) is 0.218. The van der Waals surface area contributed by atoms with Crippen LogP contribution in [0.2, 0.25) is 0 Å². The standard InChI is InChI=1S/C13H15NO5S.Na/c15-13(19-9-10-4-2-1-3-5-10)14-11-6-7-12(8-11)20(16,17)18;/h1-7,11-12H,8-9H2,(H,14,15)(H,16,17,18);/q;+1/p-1/t11-,12+;/m1./s1. The van der Waals surface area contributed by atoms with E-state index < -0.39 is 27.5 Å². The number of nitrogens with zero attached hydrogens (tertiary/aromatic N) is 1. The first kappa shape index (κ1) is 18.2. The third-order valence-electron chi connectivity index (χ3n) is 2.88. The van der Waals surface area contributed by atoms with E-state index in [1.54, 1.807) is 0 Å². The first-order chi connectivity index (χ1) is 9.45. The number of ether oxygens (including phenoxy) is 1. The van der Waals surface area contributed by atoms with Gasteiger partial charge in [-0.05, 0) is 12.0 Å². The molecule has 2 atom stereocenters. The molecule has 21 heavy (non-hydrogen) atoms. The average molecular weight is 319 g/mol. The van der Waals surface area contributed by atoms with Crippen LogP contribution in [-0.2, 0) is 21.5 Å². The van der Waals surface area contributed by atoms with E-state index in [0.717, 1.165) is 5.56 Å². The summed E-state index contributed by atoms with van der Waals surface area (Å²) in [5.41, 5.74) is 0.842. The molecule has 0 bridgehead atoms. The second-order valence-corrected chi connectivity index (χ2v) is 6.05. The van der Waals surface area contributed by atoms with E-state index in [1.165, 1.54) is 12.2 Å². The summed E-state index contributed by atoms with van der Waals surface area (Å²) >= 11 is 0. The fraction of sp³-hybridized carbons (Fsp3) is 0.308. The Morgan fingerprint density at radius 1 is 1.33 bits per heavy atom. The molecule has 0 amide bonds. The maximum absolute atomic E-state index is 11.5. The second-order valence-electron chi connectivity index (χ2n) is 4.41. The normalized spacial score (nSPS) is 21.9. The van der Waals surface area contributed by atoms with Crippen LogP contribution in [0.3, 0.4) is 0 Å². The number of hydrogen-bond acceptors (Lipinski definition) is 5. The van der Waals surface area contributed by atoms with Gasteiger partial charge in [0.1, 0.15) is 11.3 Å². The van der Waals surface area contributed by atoms with Crippen LogP contribution in [0.1, 0.15) is 12.0 Å². The van der Waals surface area contributed by atoms with Crippen molar-refractivity contribution in [3.8, 4) is 0 Å². The summed E-state index contributed by atoms with van der Waals surface area (Å²) < 4.78 is 35.7. The van der Waals surface area contributed by atoms with Gasteiger partial charge in [0.15, 0.2) is 0 Å². The van der Waals surface area contributed by atoms with Crippen molar-refractivity contribution in [1.82, 2.24) is 0 Å². The van der Waals surface area contributed by atoms with Gasteiger partial charge in [-0.2, -0.15) is 8.42 Å². The second kappa shape index (κ2) is 7.95.